The molecule has 0 aliphatic heterocycles. The molecule has 2 aromatic heterocycles. The van der Waals surface area contributed by atoms with E-state index in [9.17, 15) is 4.21 Å². The number of fused-ring (bicyclic) bond motifs is 2. The maximum Gasteiger partial charge on any atom is 0.141 e. The minimum atomic E-state index is -1.25. The Morgan fingerprint density at radius 3 is 2.64 bits per heavy atom. The van der Waals surface area contributed by atoms with Crippen LogP contribution in [0.5, 0.6) is 5.75 Å². The van der Waals surface area contributed by atoms with Gasteiger partial charge >= 0.3 is 0 Å². The summed E-state index contributed by atoms with van der Waals surface area (Å²) in [5, 5.41) is 4.13. The van der Waals surface area contributed by atoms with Gasteiger partial charge in [-0.05, 0) is 45.0 Å². The van der Waals surface area contributed by atoms with Crippen LogP contribution in [0.4, 0.5) is 11.5 Å². The van der Waals surface area contributed by atoms with Crippen molar-refractivity contribution < 1.29 is 8.95 Å². The lowest BCUT2D eigenvalue weighted by Crippen LogP contribution is -2.22. The lowest BCUT2D eigenvalue weighted by molar-refractivity contribution is 0.404. The number of ether oxygens (including phenoxy) is 1. The topological polar surface area (TPSA) is 77.0 Å². The van der Waals surface area contributed by atoms with Crippen LogP contribution in [0.1, 0.15) is 20.8 Å². The molecule has 0 saturated carbocycles. The van der Waals surface area contributed by atoms with Crippen LogP contribution in [0.15, 0.2) is 47.1 Å². The Labute approximate surface area is 169 Å². The molecule has 1 atom stereocenters. The van der Waals surface area contributed by atoms with E-state index in [1.165, 1.54) is 6.33 Å². The summed E-state index contributed by atoms with van der Waals surface area (Å²) in [5.74, 6) is 1.21. The van der Waals surface area contributed by atoms with Gasteiger partial charge in [-0.25, -0.2) is 15.0 Å². The number of aromatic nitrogens is 3. The summed E-state index contributed by atoms with van der Waals surface area (Å²) in [6, 6.07) is 9.68. The molecule has 4 aromatic rings. The molecule has 1 N–H and O–H groups in total. The maximum atomic E-state index is 13.0. The lowest BCUT2D eigenvalue weighted by atomic mass is 10.2. The maximum absolute atomic E-state index is 13.0. The number of benzene rings is 2. The Morgan fingerprint density at radius 1 is 1.07 bits per heavy atom. The Balaban J connectivity index is 1.83. The van der Waals surface area contributed by atoms with E-state index < -0.39 is 15.5 Å². The molecule has 0 amide bonds. The van der Waals surface area contributed by atoms with Gasteiger partial charge in [-0.2, -0.15) is 0 Å². The van der Waals surface area contributed by atoms with Crippen LogP contribution < -0.4 is 10.1 Å². The van der Waals surface area contributed by atoms with Gasteiger partial charge in [0, 0.05) is 21.9 Å². The van der Waals surface area contributed by atoms with Crippen molar-refractivity contribution in [2.45, 2.75) is 30.4 Å². The standard InChI is InChI=1S/C20H20N4O2S2/c1-20(2,3)28(25)18-8-13-14(9-16(18)26-4)21-10-22-19(13)24-12-5-6-17-15(7-12)23-11-27-17/h5-11H,1-4H3,(H,21,22,24)/t28-/m1/s1. The van der Waals surface area contributed by atoms with Crippen LogP contribution in [-0.4, -0.2) is 31.0 Å². The zero-order valence-electron chi connectivity index (χ0n) is 16.0. The first-order valence-corrected chi connectivity index (χ1v) is 10.7. The summed E-state index contributed by atoms with van der Waals surface area (Å²) in [4.78, 5) is 13.8. The van der Waals surface area contributed by atoms with E-state index in [0.29, 0.717) is 16.5 Å². The molecule has 28 heavy (non-hydrogen) atoms. The molecule has 8 heteroatoms. The van der Waals surface area contributed by atoms with Gasteiger partial charge in [0.2, 0.25) is 0 Å². The van der Waals surface area contributed by atoms with Crippen LogP contribution in [0.3, 0.4) is 0 Å². The number of hydrogen-bond donors (Lipinski definition) is 1. The van der Waals surface area contributed by atoms with Crippen LogP contribution in [0.25, 0.3) is 21.1 Å². The third-order valence-corrected chi connectivity index (χ3v) is 6.91. The smallest absolute Gasteiger partial charge is 0.141 e. The Hall–Kier alpha value is -2.58. The minimum absolute atomic E-state index is 0.417. The van der Waals surface area contributed by atoms with Crippen molar-refractivity contribution in [2.75, 3.05) is 12.4 Å². The SMILES string of the molecule is COc1cc2ncnc(Nc3ccc4scnc4c3)c2cc1[S@@](=O)C(C)(C)C. The summed E-state index contributed by atoms with van der Waals surface area (Å²) in [5.41, 5.74) is 4.37. The van der Waals surface area contributed by atoms with E-state index in [1.807, 2.05) is 56.6 Å². The fourth-order valence-electron chi connectivity index (χ4n) is 2.87. The molecule has 0 bridgehead atoms. The molecule has 0 spiro atoms. The number of thiazole rings is 1. The van der Waals surface area contributed by atoms with Crippen molar-refractivity contribution in [1.29, 1.82) is 0 Å². The Morgan fingerprint density at radius 2 is 1.89 bits per heavy atom. The molecule has 0 aliphatic carbocycles. The average Bonchev–Trinajstić information content (AvgIpc) is 3.13. The summed E-state index contributed by atoms with van der Waals surface area (Å²) >= 11 is 1.60. The molecule has 0 unspecified atom stereocenters. The number of anilines is 2. The predicted octanol–water partition coefficient (Wildman–Crippen LogP) is 4.90. The molecule has 0 saturated heterocycles. The van der Waals surface area contributed by atoms with E-state index >= 15 is 0 Å². The zero-order valence-corrected chi connectivity index (χ0v) is 17.6. The van der Waals surface area contributed by atoms with Crippen molar-refractivity contribution in [2.24, 2.45) is 0 Å². The first kappa shape index (κ1) is 18.8. The van der Waals surface area contributed by atoms with Gasteiger partial charge in [-0.15, -0.1) is 11.3 Å². The third kappa shape index (κ3) is 3.45. The summed E-state index contributed by atoms with van der Waals surface area (Å²) in [7, 11) is 0.324. The summed E-state index contributed by atoms with van der Waals surface area (Å²) in [6.45, 7) is 5.82. The monoisotopic (exact) mass is 412 g/mol. The van der Waals surface area contributed by atoms with Crippen molar-refractivity contribution in [3.63, 3.8) is 0 Å². The van der Waals surface area contributed by atoms with Gasteiger partial charge in [0.1, 0.15) is 17.9 Å². The van der Waals surface area contributed by atoms with E-state index in [1.54, 1.807) is 18.4 Å². The molecule has 2 heterocycles. The Kier molecular flexibility index (Phi) is 4.76. The first-order valence-electron chi connectivity index (χ1n) is 8.72. The van der Waals surface area contributed by atoms with E-state index in [2.05, 4.69) is 20.3 Å². The molecular formula is C20H20N4O2S2. The molecule has 6 nitrogen and oxygen atoms in total. The highest BCUT2D eigenvalue weighted by Gasteiger charge is 2.25. The first-order chi connectivity index (χ1) is 13.4. The highest BCUT2D eigenvalue weighted by molar-refractivity contribution is 7.86. The summed E-state index contributed by atoms with van der Waals surface area (Å²) in [6.07, 6.45) is 1.51. The van der Waals surface area contributed by atoms with Crippen molar-refractivity contribution in [3.8, 4) is 5.75 Å². The van der Waals surface area contributed by atoms with Gasteiger partial charge in [-0.3, -0.25) is 4.21 Å². The zero-order chi connectivity index (χ0) is 19.9. The highest BCUT2D eigenvalue weighted by Crippen LogP contribution is 2.35. The predicted molar refractivity (Wildman–Crippen MR) is 115 cm³/mol. The van der Waals surface area contributed by atoms with Gasteiger partial charge in [0.25, 0.3) is 0 Å². The third-order valence-electron chi connectivity index (χ3n) is 4.27. The average molecular weight is 413 g/mol. The van der Waals surface area contributed by atoms with Gasteiger partial charge in [0.05, 0.1) is 44.0 Å². The van der Waals surface area contributed by atoms with Crippen molar-refractivity contribution in [1.82, 2.24) is 15.0 Å². The minimum Gasteiger partial charge on any atom is -0.495 e. The highest BCUT2D eigenvalue weighted by atomic mass is 32.2. The largest absolute Gasteiger partial charge is 0.495 e. The number of methoxy groups -OCH3 is 1. The van der Waals surface area contributed by atoms with Crippen LogP contribution in [0, 0.1) is 0 Å². The number of hydrogen-bond acceptors (Lipinski definition) is 7. The van der Waals surface area contributed by atoms with Crippen molar-refractivity contribution >= 4 is 54.8 Å². The Bertz CT molecular complexity index is 1200. The van der Waals surface area contributed by atoms with Crippen LogP contribution in [0.2, 0.25) is 0 Å². The van der Waals surface area contributed by atoms with Gasteiger partial charge < -0.3 is 10.1 Å². The molecule has 0 radical (unpaired) electrons. The second-order valence-electron chi connectivity index (χ2n) is 7.28. The molecule has 2 aromatic carbocycles. The number of nitrogens with zero attached hydrogens (tertiary/aromatic N) is 3. The summed E-state index contributed by atoms with van der Waals surface area (Å²) < 4.78 is 19.2. The molecule has 0 fully saturated rings. The number of nitrogens with one attached hydrogen (secondary N) is 1. The van der Waals surface area contributed by atoms with E-state index in [-0.39, 0.29) is 0 Å². The van der Waals surface area contributed by atoms with Gasteiger partial charge in [-0.1, -0.05) is 0 Å². The quantitative estimate of drug-likeness (QED) is 0.514. The normalized spacial score (nSPS) is 13.0. The van der Waals surface area contributed by atoms with Crippen molar-refractivity contribution in [3.05, 3.63) is 42.2 Å². The van der Waals surface area contributed by atoms with E-state index in [0.717, 1.165) is 26.8 Å². The second-order valence-corrected chi connectivity index (χ2v) is 10.4. The van der Waals surface area contributed by atoms with E-state index in [4.69, 9.17) is 4.74 Å². The van der Waals surface area contributed by atoms with Crippen LogP contribution in [-0.2, 0) is 10.8 Å². The van der Waals surface area contributed by atoms with Gasteiger partial charge in [0.15, 0.2) is 0 Å². The molecule has 0 aliphatic rings. The molecule has 4 rings (SSSR count). The number of rotatable bonds is 4. The lowest BCUT2D eigenvalue weighted by Gasteiger charge is -2.20. The van der Waals surface area contributed by atoms with Crippen LogP contribution >= 0.6 is 11.3 Å². The molecular weight excluding hydrogens is 392 g/mol. The second kappa shape index (κ2) is 7.10. The molecule has 144 valence electrons. The fraction of sp³-hybridized carbons (Fsp3) is 0.250. The fourth-order valence-corrected chi connectivity index (χ4v) is 4.74.